The van der Waals surface area contributed by atoms with Gasteiger partial charge >= 0.3 is 12.1 Å². The first-order valence-electron chi connectivity index (χ1n) is 15.7. The molecule has 3 heterocycles. The van der Waals surface area contributed by atoms with Crippen molar-refractivity contribution in [2.75, 3.05) is 13.7 Å². The summed E-state index contributed by atoms with van der Waals surface area (Å²) >= 11 is 0. The number of hydrogen-bond donors (Lipinski definition) is 2. The molecule has 44 heavy (non-hydrogen) atoms. The molecule has 6 rings (SSSR count). The third-order valence-electron chi connectivity index (χ3n) is 9.79. The van der Waals surface area contributed by atoms with Gasteiger partial charge < -0.3 is 29.5 Å². The lowest BCUT2D eigenvalue weighted by Gasteiger charge is -2.35. The van der Waals surface area contributed by atoms with Gasteiger partial charge in [-0.05, 0) is 61.0 Å². The first-order chi connectivity index (χ1) is 20.9. The number of alkyl carbamates (subject to hydrolysis) is 1. The summed E-state index contributed by atoms with van der Waals surface area (Å²) in [5.41, 5.74) is -0.688. The van der Waals surface area contributed by atoms with E-state index in [1.807, 2.05) is 20.8 Å². The lowest BCUT2D eigenvalue weighted by molar-refractivity contribution is -0.152. The lowest BCUT2D eigenvalue weighted by atomic mass is 9.85. The molecule has 7 atom stereocenters. The van der Waals surface area contributed by atoms with Crippen LogP contribution in [0.5, 0.6) is 11.8 Å². The highest BCUT2D eigenvalue weighted by Gasteiger charge is 2.54. The second-order valence-electron chi connectivity index (χ2n) is 13.9. The molecule has 4 aliphatic rings. The second-order valence-corrected chi connectivity index (χ2v) is 13.9. The summed E-state index contributed by atoms with van der Waals surface area (Å²) < 4.78 is 18.8. The number of nitrogens with one attached hydrogen (secondary N) is 1. The van der Waals surface area contributed by atoms with Crippen LogP contribution in [0.3, 0.4) is 0 Å². The Morgan fingerprint density at radius 1 is 1.07 bits per heavy atom. The molecule has 1 aromatic carbocycles. The van der Waals surface area contributed by atoms with Crippen molar-refractivity contribution >= 4 is 28.9 Å². The molecule has 2 aliphatic carbocycles. The number of phenolic OH excluding ortho intramolecular Hbond substituents is 1. The summed E-state index contributed by atoms with van der Waals surface area (Å²) in [5.74, 6) is 0.331. The molecule has 0 spiro atoms. The Labute approximate surface area is 256 Å². The molecular weight excluding hydrogens is 568 g/mol. The van der Waals surface area contributed by atoms with Gasteiger partial charge in [0.2, 0.25) is 5.91 Å². The normalized spacial score (nSPS) is 31.0. The first-order valence-corrected chi connectivity index (χ1v) is 15.7. The van der Waals surface area contributed by atoms with Crippen molar-refractivity contribution in [1.82, 2.24) is 19.8 Å². The number of ether oxygens (including phenoxy) is 3. The Bertz CT molecular complexity index is 1520. The van der Waals surface area contributed by atoms with Crippen molar-refractivity contribution in [2.24, 2.45) is 23.2 Å². The van der Waals surface area contributed by atoms with E-state index < -0.39 is 41.6 Å². The average molecular weight is 611 g/mol. The van der Waals surface area contributed by atoms with Crippen molar-refractivity contribution in [3.8, 4) is 11.8 Å². The van der Waals surface area contributed by atoms with E-state index in [1.54, 1.807) is 6.07 Å². The molecule has 2 bridgehead atoms. The zero-order valence-electron chi connectivity index (χ0n) is 25.8. The molecule has 1 aromatic heterocycles. The minimum absolute atomic E-state index is 0.0178. The van der Waals surface area contributed by atoms with Gasteiger partial charge in [0.1, 0.15) is 30.0 Å². The van der Waals surface area contributed by atoms with Crippen LogP contribution in [-0.2, 0) is 25.6 Å². The van der Waals surface area contributed by atoms with Crippen LogP contribution < -0.4 is 15.6 Å². The number of fused-ring (bicyclic) bond motifs is 7. The third-order valence-corrected chi connectivity index (χ3v) is 9.79. The Morgan fingerprint density at radius 2 is 1.86 bits per heavy atom. The number of aromatic nitrogens is 2. The van der Waals surface area contributed by atoms with Crippen LogP contribution in [0, 0.1) is 23.2 Å². The van der Waals surface area contributed by atoms with Crippen LogP contribution in [0.25, 0.3) is 10.9 Å². The number of benzene rings is 1. The van der Waals surface area contributed by atoms with Gasteiger partial charge in [0.15, 0.2) is 0 Å². The van der Waals surface area contributed by atoms with Crippen molar-refractivity contribution in [3.05, 3.63) is 28.6 Å². The standard InChI is InChI=1S/C32H42N4O8/c1-32(2,3)26-28(39)36-16-19(15-24(36)29(40)42-4)43-30-33-23-14-18(37)9-10-21(23)27(38)35(30)11-7-5-6-8-20-22-12-17(22)13-25(20)44-31(41)34-26/h9-10,14,17,19-20,22,24-26,37H,5-8,11-13,15-16H2,1-4H3,(H,34,41)/t17-,19+,20+,22-,24-,25+,26+/m0/s1. The van der Waals surface area contributed by atoms with Crippen molar-refractivity contribution < 1.29 is 33.7 Å². The van der Waals surface area contributed by atoms with Gasteiger partial charge in [-0.3, -0.25) is 14.2 Å². The van der Waals surface area contributed by atoms with E-state index in [-0.39, 0.29) is 42.3 Å². The maximum atomic E-state index is 14.1. The number of hydrogen-bond acceptors (Lipinski definition) is 9. The van der Waals surface area contributed by atoms with Crippen LogP contribution in [-0.4, -0.2) is 75.5 Å². The van der Waals surface area contributed by atoms with E-state index in [4.69, 9.17) is 14.2 Å². The number of carbonyl (C=O) groups is 3. The monoisotopic (exact) mass is 610 g/mol. The number of amides is 2. The van der Waals surface area contributed by atoms with E-state index in [2.05, 4.69) is 10.3 Å². The number of carbonyl (C=O) groups excluding carboxylic acids is 3. The molecule has 12 heteroatoms. The summed E-state index contributed by atoms with van der Waals surface area (Å²) in [6.45, 7) is 5.93. The van der Waals surface area contributed by atoms with Gasteiger partial charge in [0.05, 0.1) is 24.6 Å². The van der Waals surface area contributed by atoms with Crippen molar-refractivity contribution in [1.29, 1.82) is 0 Å². The number of phenols is 1. The highest BCUT2D eigenvalue weighted by Crippen LogP contribution is 2.57. The van der Waals surface area contributed by atoms with Crippen LogP contribution in [0.15, 0.2) is 23.0 Å². The summed E-state index contributed by atoms with van der Waals surface area (Å²) in [6.07, 6.45) is 4.03. The van der Waals surface area contributed by atoms with Gasteiger partial charge in [-0.15, -0.1) is 0 Å². The SMILES string of the molecule is COC(=O)[C@@H]1C[C@@H]2CN1C(=O)[C@H](C(C)(C)C)NC(=O)O[C@@H]1C[C@@H]3C[C@@H]3[C@H]1CCCCCn1c(nc3cc(O)ccc3c1=O)O2. The minimum Gasteiger partial charge on any atom is -0.508 e. The summed E-state index contributed by atoms with van der Waals surface area (Å²) in [5, 5.41) is 13.3. The van der Waals surface area contributed by atoms with Gasteiger partial charge in [0, 0.05) is 19.0 Å². The molecule has 0 radical (unpaired) electrons. The zero-order chi connectivity index (χ0) is 31.3. The molecule has 3 fully saturated rings. The predicted molar refractivity (Wildman–Crippen MR) is 159 cm³/mol. The quantitative estimate of drug-likeness (QED) is 0.464. The Hall–Kier alpha value is -3.83. The van der Waals surface area contributed by atoms with E-state index in [0.29, 0.717) is 35.7 Å². The number of methoxy groups -OCH3 is 1. The maximum absolute atomic E-state index is 14.1. The van der Waals surface area contributed by atoms with Crippen LogP contribution in [0.4, 0.5) is 4.79 Å². The average Bonchev–Trinajstić information content (AvgIpc) is 3.46. The van der Waals surface area contributed by atoms with Crippen LogP contribution in [0.1, 0.15) is 65.7 Å². The van der Waals surface area contributed by atoms with Gasteiger partial charge in [-0.25, -0.2) is 9.59 Å². The van der Waals surface area contributed by atoms with E-state index in [9.17, 15) is 24.3 Å². The number of aromatic hydroxyl groups is 1. The van der Waals surface area contributed by atoms with E-state index in [1.165, 1.54) is 28.7 Å². The largest absolute Gasteiger partial charge is 0.508 e. The lowest BCUT2D eigenvalue weighted by Crippen LogP contribution is -2.57. The molecule has 238 valence electrons. The zero-order valence-corrected chi connectivity index (χ0v) is 25.8. The fraction of sp³-hybridized carbons (Fsp3) is 0.656. The topological polar surface area (TPSA) is 149 Å². The summed E-state index contributed by atoms with van der Waals surface area (Å²) in [7, 11) is 1.26. The minimum atomic E-state index is -0.978. The Kier molecular flexibility index (Phi) is 7.96. The molecule has 2 saturated carbocycles. The smallest absolute Gasteiger partial charge is 0.408 e. The second kappa shape index (κ2) is 11.6. The fourth-order valence-electron chi connectivity index (χ4n) is 7.39. The molecular formula is C32H42N4O8. The number of rotatable bonds is 1. The van der Waals surface area contributed by atoms with Gasteiger partial charge in [-0.2, -0.15) is 4.98 Å². The van der Waals surface area contributed by atoms with E-state index in [0.717, 1.165) is 32.1 Å². The molecule has 0 unspecified atom stereocenters. The predicted octanol–water partition coefficient (Wildman–Crippen LogP) is 3.36. The molecule has 12 nitrogen and oxygen atoms in total. The van der Waals surface area contributed by atoms with Gasteiger partial charge in [-0.1, -0.05) is 33.6 Å². The number of esters is 1. The molecule has 2 amide bonds. The number of nitrogens with zero attached hydrogens (tertiary/aromatic N) is 3. The molecule has 2 aromatic rings. The fourth-order valence-corrected chi connectivity index (χ4v) is 7.39. The first kappa shape index (κ1) is 30.2. The summed E-state index contributed by atoms with van der Waals surface area (Å²) in [6, 6.07) is 2.55. The van der Waals surface area contributed by atoms with Crippen molar-refractivity contribution in [2.45, 2.75) is 96.6 Å². The van der Waals surface area contributed by atoms with Crippen LogP contribution in [0.2, 0.25) is 0 Å². The van der Waals surface area contributed by atoms with Crippen LogP contribution >= 0.6 is 0 Å². The third kappa shape index (κ3) is 5.82. The Balaban J connectivity index is 1.37. The summed E-state index contributed by atoms with van der Waals surface area (Å²) in [4.78, 5) is 59.9. The van der Waals surface area contributed by atoms with Gasteiger partial charge in [0.25, 0.3) is 11.6 Å². The highest BCUT2D eigenvalue weighted by molar-refractivity contribution is 5.91. The highest BCUT2D eigenvalue weighted by atomic mass is 16.6. The molecule has 1 saturated heterocycles. The van der Waals surface area contributed by atoms with E-state index >= 15 is 0 Å². The molecule has 2 aliphatic heterocycles. The Morgan fingerprint density at radius 3 is 2.61 bits per heavy atom. The van der Waals surface area contributed by atoms with Crippen molar-refractivity contribution in [3.63, 3.8) is 0 Å². The molecule has 2 N–H and O–H groups in total. The maximum Gasteiger partial charge on any atom is 0.408 e.